The topological polar surface area (TPSA) is 69.6 Å². The Morgan fingerprint density at radius 2 is 1.65 bits per heavy atom. The van der Waals surface area contributed by atoms with E-state index < -0.39 is 11.5 Å². The van der Waals surface area contributed by atoms with E-state index in [-0.39, 0.29) is 11.4 Å². The highest BCUT2D eigenvalue weighted by Crippen LogP contribution is 2.17. The molecule has 0 bridgehead atoms. The third kappa shape index (κ3) is 5.06. The number of carbonyl (C=O) groups is 2. The maximum atomic E-state index is 11.7. The van der Waals surface area contributed by atoms with Crippen molar-refractivity contribution < 1.29 is 14.7 Å². The van der Waals surface area contributed by atoms with Gasteiger partial charge in [0.05, 0.1) is 0 Å². The fraction of sp³-hybridized carbons (Fsp3) is 0.833. The molecular formula is C12H24N2O3. The number of hydrogen-bond acceptors (Lipinski definition) is 2. The van der Waals surface area contributed by atoms with E-state index in [2.05, 4.69) is 26.1 Å². The lowest BCUT2D eigenvalue weighted by molar-refractivity contribution is -0.146. The van der Waals surface area contributed by atoms with Gasteiger partial charge in [-0.3, -0.25) is 0 Å². The molecule has 0 aliphatic rings. The van der Waals surface area contributed by atoms with Gasteiger partial charge in [-0.15, -0.1) is 0 Å². The lowest BCUT2D eigenvalue weighted by Gasteiger charge is -2.31. The van der Waals surface area contributed by atoms with Crippen molar-refractivity contribution in [1.29, 1.82) is 0 Å². The number of carbonyl (C=O) groups excluding carboxylic acids is 1. The largest absolute Gasteiger partial charge is 0.480 e. The molecule has 2 amide bonds. The number of likely N-dealkylation sites (N-methyl/N-ethyl adjacent to an activating group) is 1. The zero-order chi connectivity index (χ0) is 13.9. The molecule has 0 aliphatic carbocycles. The molecule has 0 spiro atoms. The minimum atomic E-state index is -1.20. The van der Waals surface area contributed by atoms with Crippen molar-refractivity contribution >= 4 is 12.0 Å². The summed E-state index contributed by atoms with van der Waals surface area (Å²) in [5.41, 5.74) is -1.06. The third-order valence-electron chi connectivity index (χ3n) is 2.82. The summed E-state index contributed by atoms with van der Waals surface area (Å²) in [5, 5.41) is 11.7. The van der Waals surface area contributed by atoms with Crippen LogP contribution in [0.15, 0.2) is 0 Å². The van der Waals surface area contributed by atoms with Gasteiger partial charge < -0.3 is 15.3 Å². The van der Waals surface area contributed by atoms with Gasteiger partial charge in [0.2, 0.25) is 0 Å². The second-order valence-corrected chi connectivity index (χ2v) is 5.97. The van der Waals surface area contributed by atoms with Crippen LogP contribution < -0.4 is 5.32 Å². The van der Waals surface area contributed by atoms with Crippen LogP contribution in [-0.4, -0.2) is 41.1 Å². The van der Waals surface area contributed by atoms with Crippen LogP contribution in [0.5, 0.6) is 0 Å². The Bertz CT molecular complexity index is 293. The predicted octanol–water partition coefficient (Wildman–Crippen LogP) is 1.93. The maximum absolute atomic E-state index is 11.7. The van der Waals surface area contributed by atoms with Gasteiger partial charge in [0.15, 0.2) is 0 Å². The molecule has 0 fully saturated rings. The number of carboxylic acids is 1. The predicted molar refractivity (Wildman–Crippen MR) is 66.9 cm³/mol. The summed E-state index contributed by atoms with van der Waals surface area (Å²) in [6.45, 7) is 9.80. The minimum Gasteiger partial charge on any atom is -0.480 e. The smallest absolute Gasteiger partial charge is 0.329 e. The van der Waals surface area contributed by atoms with Gasteiger partial charge in [-0.1, -0.05) is 20.8 Å². The second-order valence-electron chi connectivity index (χ2n) is 5.97. The third-order valence-corrected chi connectivity index (χ3v) is 2.82. The molecule has 0 aromatic rings. The highest BCUT2D eigenvalue weighted by Gasteiger charge is 2.35. The van der Waals surface area contributed by atoms with Crippen molar-refractivity contribution in [2.75, 3.05) is 13.6 Å². The monoisotopic (exact) mass is 244 g/mol. The van der Waals surface area contributed by atoms with Gasteiger partial charge in [0, 0.05) is 13.6 Å². The summed E-state index contributed by atoms with van der Waals surface area (Å²) >= 11 is 0. The first-order chi connectivity index (χ1) is 7.48. The Balaban J connectivity index is 4.30. The van der Waals surface area contributed by atoms with Crippen LogP contribution in [-0.2, 0) is 4.79 Å². The molecule has 0 saturated heterocycles. The molecule has 0 saturated carbocycles. The van der Waals surface area contributed by atoms with E-state index in [1.807, 2.05) is 0 Å². The number of amides is 2. The Kier molecular flexibility index (Phi) is 4.98. The zero-order valence-electron chi connectivity index (χ0n) is 11.6. The van der Waals surface area contributed by atoms with Crippen LogP contribution in [0.1, 0.15) is 41.0 Å². The summed E-state index contributed by atoms with van der Waals surface area (Å²) in [6.07, 6.45) is 0.847. The summed E-state index contributed by atoms with van der Waals surface area (Å²) in [6, 6.07) is -0.360. The molecule has 0 heterocycles. The van der Waals surface area contributed by atoms with Crippen molar-refractivity contribution in [3.8, 4) is 0 Å². The molecule has 5 heteroatoms. The van der Waals surface area contributed by atoms with Gasteiger partial charge in [0.25, 0.3) is 0 Å². The van der Waals surface area contributed by atoms with Crippen molar-refractivity contribution in [2.45, 2.75) is 46.6 Å². The van der Waals surface area contributed by atoms with E-state index in [1.165, 1.54) is 25.8 Å². The number of rotatable bonds is 4. The number of carboxylic acid groups (broad SMARTS) is 1. The van der Waals surface area contributed by atoms with E-state index >= 15 is 0 Å². The maximum Gasteiger partial charge on any atom is 0.329 e. The Labute approximate surface area is 103 Å². The first-order valence-corrected chi connectivity index (χ1v) is 5.73. The first-order valence-electron chi connectivity index (χ1n) is 5.73. The molecule has 5 nitrogen and oxygen atoms in total. The highest BCUT2D eigenvalue weighted by molar-refractivity contribution is 5.85. The molecule has 2 N–H and O–H groups in total. The summed E-state index contributed by atoms with van der Waals surface area (Å²) in [5.74, 6) is -1.02. The first kappa shape index (κ1) is 15.7. The molecule has 0 unspecified atom stereocenters. The van der Waals surface area contributed by atoms with Crippen molar-refractivity contribution in [3.63, 3.8) is 0 Å². The molecule has 0 aromatic carbocycles. The van der Waals surface area contributed by atoms with Gasteiger partial charge in [-0.2, -0.15) is 0 Å². The van der Waals surface area contributed by atoms with Crippen LogP contribution >= 0.6 is 0 Å². The molecular weight excluding hydrogens is 220 g/mol. The molecule has 0 radical (unpaired) electrons. The average molecular weight is 244 g/mol. The molecule has 0 aromatic heterocycles. The Hall–Kier alpha value is -1.26. The van der Waals surface area contributed by atoms with Gasteiger partial charge in [-0.25, -0.2) is 9.59 Å². The van der Waals surface area contributed by atoms with E-state index in [0.29, 0.717) is 6.54 Å². The van der Waals surface area contributed by atoms with E-state index in [4.69, 9.17) is 5.11 Å². The number of nitrogens with one attached hydrogen (secondary N) is 1. The van der Waals surface area contributed by atoms with Crippen LogP contribution in [0.3, 0.4) is 0 Å². The minimum absolute atomic E-state index is 0.147. The van der Waals surface area contributed by atoms with Crippen molar-refractivity contribution in [3.05, 3.63) is 0 Å². The second kappa shape index (κ2) is 5.38. The summed E-state index contributed by atoms with van der Waals surface area (Å²) < 4.78 is 0. The van der Waals surface area contributed by atoms with Gasteiger partial charge in [-0.05, 0) is 25.7 Å². The van der Waals surface area contributed by atoms with E-state index in [9.17, 15) is 9.59 Å². The molecule has 0 aliphatic heterocycles. The number of nitrogens with zero attached hydrogens (tertiary/aromatic N) is 1. The molecule has 17 heavy (non-hydrogen) atoms. The fourth-order valence-corrected chi connectivity index (χ4v) is 1.06. The SMILES string of the molecule is CN(C(=O)NCCC(C)(C)C)C(C)(C)C(=O)O. The Morgan fingerprint density at radius 3 is 2.00 bits per heavy atom. The average Bonchev–Trinajstić information content (AvgIpc) is 2.13. The number of aliphatic carboxylic acids is 1. The highest BCUT2D eigenvalue weighted by atomic mass is 16.4. The van der Waals surface area contributed by atoms with Crippen LogP contribution in [0, 0.1) is 5.41 Å². The normalized spacial score (nSPS) is 12.1. The van der Waals surface area contributed by atoms with Crippen LogP contribution in [0.2, 0.25) is 0 Å². The van der Waals surface area contributed by atoms with Crippen molar-refractivity contribution in [2.24, 2.45) is 5.41 Å². The lowest BCUT2D eigenvalue weighted by Crippen LogP contribution is -2.54. The molecule has 100 valence electrons. The lowest BCUT2D eigenvalue weighted by atomic mass is 9.92. The molecule has 0 atom stereocenters. The molecule has 0 rings (SSSR count). The van der Waals surface area contributed by atoms with E-state index in [0.717, 1.165) is 6.42 Å². The quantitative estimate of drug-likeness (QED) is 0.794. The van der Waals surface area contributed by atoms with Crippen molar-refractivity contribution in [1.82, 2.24) is 10.2 Å². The van der Waals surface area contributed by atoms with Crippen LogP contribution in [0.25, 0.3) is 0 Å². The van der Waals surface area contributed by atoms with Gasteiger partial charge in [0.1, 0.15) is 5.54 Å². The standard InChI is InChI=1S/C12H24N2O3/c1-11(2,3)7-8-13-10(17)14(6)12(4,5)9(15)16/h7-8H2,1-6H3,(H,13,17)(H,15,16). The Morgan fingerprint density at radius 1 is 1.18 bits per heavy atom. The van der Waals surface area contributed by atoms with Crippen LogP contribution in [0.4, 0.5) is 4.79 Å². The van der Waals surface area contributed by atoms with Gasteiger partial charge >= 0.3 is 12.0 Å². The summed E-state index contributed by atoms with van der Waals surface area (Å²) in [4.78, 5) is 23.9. The zero-order valence-corrected chi connectivity index (χ0v) is 11.6. The fourth-order valence-electron chi connectivity index (χ4n) is 1.06. The summed E-state index contributed by atoms with van der Waals surface area (Å²) in [7, 11) is 1.49. The number of hydrogen-bond donors (Lipinski definition) is 2. The number of urea groups is 1. The van der Waals surface area contributed by atoms with E-state index in [1.54, 1.807) is 0 Å².